The maximum atomic E-state index is 12.2. The van der Waals surface area contributed by atoms with Crippen molar-refractivity contribution in [1.29, 1.82) is 5.26 Å². The van der Waals surface area contributed by atoms with E-state index in [0.717, 1.165) is 0 Å². The van der Waals surface area contributed by atoms with Crippen LogP contribution in [0.3, 0.4) is 0 Å². The molecule has 2 rings (SSSR count). The Morgan fingerprint density at radius 2 is 2.08 bits per heavy atom. The molecule has 1 heterocycles. The summed E-state index contributed by atoms with van der Waals surface area (Å²) in [5, 5.41) is 18.0. The van der Waals surface area contributed by atoms with Gasteiger partial charge in [-0.3, -0.25) is 9.59 Å². The fraction of sp³-hybridized carbons (Fsp3) is 0.312. The molecule has 0 bridgehead atoms. The van der Waals surface area contributed by atoms with Gasteiger partial charge in [0.15, 0.2) is 0 Å². The summed E-state index contributed by atoms with van der Waals surface area (Å²) in [6.07, 6.45) is 1.30. The number of amides is 2. The molecule has 0 aliphatic rings. The number of nitriles is 1. The maximum Gasteiger partial charge on any atom is 0.253 e. The van der Waals surface area contributed by atoms with Crippen LogP contribution in [0.1, 0.15) is 30.0 Å². The van der Waals surface area contributed by atoms with Crippen molar-refractivity contribution in [2.45, 2.75) is 20.4 Å². The summed E-state index contributed by atoms with van der Waals surface area (Å²) in [4.78, 5) is 28.1. The standard InChI is InChI=1S/C16H18N6O2/c1-11(2)8-18-16(24)12-5-3-4-6-13(12)20-15(23)9-22-10-19-14(7-17)21-22/h3-6,10-11H,8-9H2,1-2H3,(H,18,24)(H,20,23). The average molecular weight is 326 g/mol. The van der Waals surface area contributed by atoms with E-state index in [0.29, 0.717) is 23.7 Å². The van der Waals surface area contributed by atoms with E-state index in [1.54, 1.807) is 30.3 Å². The summed E-state index contributed by atoms with van der Waals surface area (Å²) in [5.41, 5.74) is 0.812. The smallest absolute Gasteiger partial charge is 0.253 e. The molecular weight excluding hydrogens is 308 g/mol. The topological polar surface area (TPSA) is 113 Å². The molecule has 1 aromatic carbocycles. The maximum absolute atomic E-state index is 12.2. The van der Waals surface area contributed by atoms with E-state index in [4.69, 9.17) is 5.26 Å². The van der Waals surface area contributed by atoms with Gasteiger partial charge < -0.3 is 10.6 Å². The zero-order valence-electron chi connectivity index (χ0n) is 13.5. The van der Waals surface area contributed by atoms with Crippen molar-refractivity contribution in [3.63, 3.8) is 0 Å². The molecule has 2 amide bonds. The highest BCUT2D eigenvalue weighted by Crippen LogP contribution is 2.15. The monoisotopic (exact) mass is 326 g/mol. The molecule has 0 saturated carbocycles. The molecule has 0 aliphatic carbocycles. The second-order valence-corrected chi connectivity index (χ2v) is 5.58. The lowest BCUT2D eigenvalue weighted by molar-refractivity contribution is -0.116. The van der Waals surface area contributed by atoms with E-state index in [2.05, 4.69) is 20.7 Å². The number of para-hydroxylation sites is 1. The number of benzene rings is 1. The first kappa shape index (κ1) is 17.1. The van der Waals surface area contributed by atoms with Crippen LogP contribution < -0.4 is 10.6 Å². The third-order valence-corrected chi connectivity index (χ3v) is 3.06. The lowest BCUT2D eigenvalue weighted by atomic mass is 10.1. The molecule has 8 heteroatoms. The lowest BCUT2D eigenvalue weighted by Gasteiger charge is -2.12. The van der Waals surface area contributed by atoms with Crippen LogP contribution in [-0.2, 0) is 11.3 Å². The second-order valence-electron chi connectivity index (χ2n) is 5.58. The number of rotatable bonds is 6. The fourth-order valence-corrected chi connectivity index (χ4v) is 1.94. The van der Waals surface area contributed by atoms with Crippen LogP contribution in [0.5, 0.6) is 0 Å². The van der Waals surface area contributed by atoms with Crippen molar-refractivity contribution in [2.75, 3.05) is 11.9 Å². The van der Waals surface area contributed by atoms with Crippen LogP contribution in [0.2, 0.25) is 0 Å². The van der Waals surface area contributed by atoms with Crippen LogP contribution >= 0.6 is 0 Å². The Labute approximate surface area is 139 Å². The Morgan fingerprint density at radius 1 is 1.33 bits per heavy atom. The lowest BCUT2D eigenvalue weighted by Crippen LogP contribution is -2.29. The third-order valence-electron chi connectivity index (χ3n) is 3.06. The number of aromatic nitrogens is 3. The molecule has 0 atom stereocenters. The number of carbonyl (C=O) groups is 2. The van der Waals surface area contributed by atoms with Crippen molar-refractivity contribution >= 4 is 17.5 Å². The number of hydrogen-bond acceptors (Lipinski definition) is 5. The van der Waals surface area contributed by atoms with Crippen molar-refractivity contribution in [3.05, 3.63) is 42.0 Å². The SMILES string of the molecule is CC(C)CNC(=O)c1ccccc1NC(=O)Cn1cnc(C#N)n1. The first-order chi connectivity index (χ1) is 11.5. The summed E-state index contributed by atoms with van der Waals surface area (Å²) in [5.74, 6) is -0.283. The van der Waals surface area contributed by atoms with E-state index >= 15 is 0 Å². The number of carbonyl (C=O) groups excluding carboxylic acids is 2. The minimum Gasteiger partial charge on any atom is -0.352 e. The number of hydrogen-bond donors (Lipinski definition) is 2. The van der Waals surface area contributed by atoms with Gasteiger partial charge in [-0.15, -0.1) is 5.10 Å². The van der Waals surface area contributed by atoms with Gasteiger partial charge in [-0.25, -0.2) is 9.67 Å². The Bertz CT molecular complexity index is 775. The van der Waals surface area contributed by atoms with Crippen LogP contribution in [-0.4, -0.2) is 33.1 Å². The van der Waals surface area contributed by atoms with Gasteiger partial charge in [0, 0.05) is 6.54 Å². The number of anilines is 1. The molecule has 24 heavy (non-hydrogen) atoms. The largest absolute Gasteiger partial charge is 0.352 e. The van der Waals surface area contributed by atoms with Crippen LogP contribution in [0.25, 0.3) is 0 Å². The molecule has 8 nitrogen and oxygen atoms in total. The molecule has 0 spiro atoms. The Kier molecular flexibility index (Phi) is 5.63. The zero-order valence-corrected chi connectivity index (χ0v) is 13.5. The molecule has 0 aliphatic heterocycles. The predicted octanol–water partition coefficient (Wildman–Crippen LogP) is 1.17. The highest BCUT2D eigenvalue weighted by Gasteiger charge is 2.14. The van der Waals surface area contributed by atoms with Gasteiger partial charge in [0.25, 0.3) is 11.7 Å². The molecular formula is C16H18N6O2. The zero-order chi connectivity index (χ0) is 17.5. The van der Waals surface area contributed by atoms with Gasteiger partial charge in [0.05, 0.1) is 11.3 Å². The van der Waals surface area contributed by atoms with Crippen molar-refractivity contribution in [3.8, 4) is 6.07 Å². The van der Waals surface area contributed by atoms with E-state index in [-0.39, 0.29) is 24.2 Å². The molecule has 1 aromatic heterocycles. The Hall–Kier alpha value is -3.21. The summed E-state index contributed by atoms with van der Waals surface area (Å²) in [6, 6.07) is 8.56. The van der Waals surface area contributed by atoms with Crippen molar-refractivity contribution < 1.29 is 9.59 Å². The average Bonchev–Trinajstić information content (AvgIpc) is 3.00. The van der Waals surface area contributed by atoms with Crippen LogP contribution in [0.4, 0.5) is 5.69 Å². The Morgan fingerprint density at radius 3 is 2.75 bits per heavy atom. The second kappa shape index (κ2) is 7.87. The molecule has 124 valence electrons. The normalized spacial score (nSPS) is 10.2. The molecule has 2 N–H and O–H groups in total. The van der Waals surface area contributed by atoms with E-state index < -0.39 is 0 Å². The van der Waals surface area contributed by atoms with E-state index in [1.165, 1.54) is 11.0 Å². The number of nitrogens with zero attached hydrogens (tertiary/aromatic N) is 4. The van der Waals surface area contributed by atoms with Gasteiger partial charge in [-0.05, 0) is 18.1 Å². The highest BCUT2D eigenvalue weighted by molar-refractivity contribution is 6.03. The van der Waals surface area contributed by atoms with Gasteiger partial charge in [0.2, 0.25) is 5.91 Å². The van der Waals surface area contributed by atoms with Gasteiger partial charge in [0.1, 0.15) is 18.9 Å². The molecule has 0 fully saturated rings. The highest BCUT2D eigenvalue weighted by atomic mass is 16.2. The van der Waals surface area contributed by atoms with Gasteiger partial charge >= 0.3 is 0 Å². The van der Waals surface area contributed by atoms with Gasteiger partial charge in [-0.2, -0.15) is 5.26 Å². The van der Waals surface area contributed by atoms with E-state index in [9.17, 15) is 9.59 Å². The first-order valence-electron chi connectivity index (χ1n) is 7.46. The van der Waals surface area contributed by atoms with Crippen molar-refractivity contribution in [2.24, 2.45) is 5.92 Å². The first-order valence-corrected chi connectivity index (χ1v) is 7.46. The number of nitrogens with one attached hydrogen (secondary N) is 2. The molecule has 2 aromatic rings. The third kappa shape index (κ3) is 4.64. The molecule has 0 saturated heterocycles. The summed E-state index contributed by atoms with van der Waals surface area (Å²) >= 11 is 0. The van der Waals surface area contributed by atoms with Gasteiger partial charge in [-0.1, -0.05) is 26.0 Å². The van der Waals surface area contributed by atoms with Crippen molar-refractivity contribution in [1.82, 2.24) is 20.1 Å². The summed E-state index contributed by atoms with van der Waals surface area (Å²) < 4.78 is 1.26. The fourth-order valence-electron chi connectivity index (χ4n) is 1.94. The quantitative estimate of drug-likeness (QED) is 0.827. The van der Waals surface area contributed by atoms with Crippen LogP contribution in [0.15, 0.2) is 30.6 Å². The van der Waals surface area contributed by atoms with Crippen LogP contribution in [0, 0.1) is 17.2 Å². The molecule has 0 unspecified atom stereocenters. The summed E-state index contributed by atoms with van der Waals surface area (Å²) in [7, 11) is 0. The minimum absolute atomic E-state index is 0.00346. The van der Waals surface area contributed by atoms with E-state index in [1.807, 2.05) is 13.8 Å². The minimum atomic E-state index is -0.367. The molecule has 0 radical (unpaired) electrons. The predicted molar refractivity (Wildman–Crippen MR) is 87.0 cm³/mol. The Balaban J connectivity index is 2.05. The summed E-state index contributed by atoms with van der Waals surface area (Å²) in [6.45, 7) is 4.46.